The van der Waals surface area contributed by atoms with Crippen LogP contribution in [0.1, 0.15) is 13.3 Å². The summed E-state index contributed by atoms with van der Waals surface area (Å²) in [6.45, 7) is 2.53. The molecule has 2 aromatic carbocycles. The van der Waals surface area contributed by atoms with Crippen LogP contribution in [0.5, 0.6) is 0 Å². The number of nitrogens with two attached hydrogens (primary N) is 1. The van der Waals surface area contributed by atoms with Gasteiger partial charge in [0.15, 0.2) is 5.65 Å². The minimum atomic E-state index is -3.92. The van der Waals surface area contributed by atoms with Gasteiger partial charge in [0.2, 0.25) is 9.84 Å². The van der Waals surface area contributed by atoms with Crippen molar-refractivity contribution in [2.45, 2.75) is 29.7 Å². The number of aryl methyl sites for hydroxylation is 1. The van der Waals surface area contributed by atoms with Gasteiger partial charge in [0, 0.05) is 11.6 Å². The average molecular weight is 401 g/mol. The van der Waals surface area contributed by atoms with Crippen molar-refractivity contribution >= 4 is 49.5 Å². The normalized spacial score (nSPS) is 12.1. The second-order valence-electron chi connectivity index (χ2n) is 6.21. The zero-order valence-corrected chi connectivity index (χ0v) is 16.1. The minimum Gasteiger partial charge on any atom is -0.384 e. The van der Waals surface area contributed by atoms with Gasteiger partial charge in [-0.25, -0.2) is 18.4 Å². The number of hydrogen-bond donors (Lipinski definition) is 1. The third-order valence-corrected chi connectivity index (χ3v) is 6.42. The van der Waals surface area contributed by atoms with Crippen molar-refractivity contribution in [1.29, 1.82) is 0 Å². The van der Waals surface area contributed by atoms with Gasteiger partial charge in [0.1, 0.15) is 16.2 Å². The van der Waals surface area contributed by atoms with E-state index in [2.05, 4.69) is 9.97 Å². The highest BCUT2D eigenvalue weighted by Crippen LogP contribution is 2.35. The minimum absolute atomic E-state index is 0.0218. The topological polar surface area (TPSA) is 90.9 Å². The fourth-order valence-corrected chi connectivity index (χ4v) is 4.96. The summed E-state index contributed by atoms with van der Waals surface area (Å²) < 4.78 is 28.4. The maximum Gasteiger partial charge on any atom is 0.212 e. The summed E-state index contributed by atoms with van der Waals surface area (Å²) in [6.07, 6.45) is 0.777. The SMILES string of the molecule is CCCn1c(N)c(S(=O)(=O)c2cccc(Cl)c2)c2nc3ccccc3nc21. The van der Waals surface area contributed by atoms with Gasteiger partial charge in [0.25, 0.3) is 0 Å². The third kappa shape index (κ3) is 2.83. The molecule has 0 aliphatic carbocycles. The summed E-state index contributed by atoms with van der Waals surface area (Å²) in [7, 11) is -3.92. The van der Waals surface area contributed by atoms with Gasteiger partial charge in [-0.2, -0.15) is 0 Å². The maximum atomic E-state index is 13.4. The highest BCUT2D eigenvalue weighted by Gasteiger charge is 2.30. The van der Waals surface area contributed by atoms with E-state index in [1.54, 1.807) is 22.8 Å². The molecule has 4 aromatic rings. The zero-order chi connectivity index (χ0) is 19.2. The largest absolute Gasteiger partial charge is 0.384 e. The first-order chi connectivity index (χ1) is 12.9. The van der Waals surface area contributed by atoms with Gasteiger partial charge in [-0.05, 0) is 36.8 Å². The van der Waals surface area contributed by atoms with Gasteiger partial charge in [-0.1, -0.05) is 36.7 Å². The monoisotopic (exact) mass is 400 g/mol. The fourth-order valence-electron chi connectivity index (χ4n) is 3.16. The Morgan fingerprint density at radius 1 is 1.07 bits per heavy atom. The Kier molecular flexibility index (Phi) is 4.28. The predicted molar refractivity (Wildman–Crippen MR) is 107 cm³/mol. The molecule has 0 saturated carbocycles. The molecule has 2 heterocycles. The number of hydrogen-bond acceptors (Lipinski definition) is 5. The molecule has 0 atom stereocenters. The van der Waals surface area contributed by atoms with E-state index in [0.717, 1.165) is 6.42 Å². The summed E-state index contributed by atoms with van der Waals surface area (Å²) in [5.74, 6) is 0.141. The summed E-state index contributed by atoms with van der Waals surface area (Å²) in [5, 5.41) is 0.337. The lowest BCUT2D eigenvalue weighted by Gasteiger charge is -2.07. The van der Waals surface area contributed by atoms with Gasteiger partial charge in [-0.15, -0.1) is 0 Å². The van der Waals surface area contributed by atoms with Crippen molar-refractivity contribution in [2.75, 3.05) is 5.73 Å². The van der Waals surface area contributed by atoms with Gasteiger partial charge in [-0.3, -0.25) is 0 Å². The maximum absolute atomic E-state index is 13.4. The highest BCUT2D eigenvalue weighted by molar-refractivity contribution is 7.92. The molecule has 4 rings (SSSR count). The second-order valence-corrected chi connectivity index (χ2v) is 8.53. The van der Waals surface area contributed by atoms with E-state index in [4.69, 9.17) is 17.3 Å². The lowest BCUT2D eigenvalue weighted by molar-refractivity contribution is 0.596. The summed E-state index contributed by atoms with van der Waals surface area (Å²) in [5.41, 5.74) is 8.34. The Hall–Kier alpha value is -2.64. The first-order valence-electron chi connectivity index (χ1n) is 8.48. The molecule has 27 heavy (non-hydrogen) atoms. The van der Waals surface area contributed by atoms with Crippen molar-refractivity contribution in [2.24, 2.45) is 0 Å². The number of anilines is 1. The smallest absolute Gasteiger partial charge is 0.212 e. The van der Waals surface area contributed by atoms with Crippen LogP contribution in [0, 0.1) is 0 Å². The van der Waals surface area contributed by atoms with E-state index >= 15 is 0 Å². The first-order valence-corrected chi connectivity index (χ1v) is 10.3. The zero-order valence-electron chi connectivity index (χ0n) is 14.6. The van der Waals surface area contributed by atoms with Crippen LogP contribution >= 0.6 is 11.6 Å². The van der Waals surface area contributed by atoms with E-state index in [-0.39, 0.29) is 21.1 Å². The van der Waals surface area contributed by atoms with Crippen LogP contribution in [0.25, 0.3) is 22.2 Å². The summed E-state index contributed by atoms with van der Waals surface area (Å²) >= 11 is 6.00. The van der Waals surface area contributed by atoms with Crippen molar-refractivity contribution in [3.63, 3.8) is 0 Å². The van der Waals surface area contributed by atoms with Gasteiger partial charge in [0.05, 0.1) is 15.9 Å². The quantitative estimate of drug-likeness (QED) is 0.557. The molecule has 0 bridgehead atoms. The van der Waals surface area contributed by atoms with Gasteiger partial charge >= 0.3 is 0 Å². The van der Waals surface area contributed by atoms with Crippen molar-refractivity contribution in [3.8, 4) is 0 Å². The van der Waals surface area contributed by atoms with E-state index in [1.165, 1.54) is 12.1 Å². The lowest BCUT2D eigenvalue weighted by atomic mass is 10.3. The number of nitrogens with zero attached hydrogens (tertiary/aromatic N) is 3. The van der Waals surface area contributed by atoms with Crippen LogP contribution in [-0.2, 0) is 16.4 Å². The highest BCUT2D eigenvalue weighted by atomic mass is 35.5. The Labute approximate surface area is 161 Å². The Morgan fingerprint density at radius 3 is 2.44 bits per heavy atom. The molecular formula is C19H17ClN4O2S. The van der Waals surface area contributed by atoms with Crippen LogP contribution < -0.4 is 5.73 Å². The fraction of sp³-hybridized carbons (Fsp3) is 0.158. The van der Waals surface area contributed by atoms with Crippen LogP contribution in [0.3, 0.4) is 0 Å². The molecule has 2 aromatic heterocycles. The number of aromatic nitrogens is 3. The number of fused-ring (bicyclic) bond motifs is 2. The summed E-state index contributed by atoms with van der Waals surface area (Å²) in [6, 6.07) is 13.5. The molecule has 0 saturated heterocycles. The number of nitrogen functional groups attached to an aromatic ring is 1. The molecule has 0 amide bonds. The van der Waals surface area contributed by atoms with E-state index in [9.17, 15) is 8.42 Å². The number of benzene rings is 2. The molecule has 0 unspecified atom stereocenters. The Bertz CT molecular complexity index is 1280. The molecule has 0 spiro atoms. The standard InChI is InChI=1S/C19H17ClN4O2S/c1-2-10-24-18(21)17(27(25,26)13-7-5-6-12(20)11-13)16-19(24)23-15-9-4-3-8-14(15)22-16/h3-9,11H,2,10,21H2,1H3. The second kappa shape index (κ2) is 6.51. The molecular weight excluding hydrogens is 384 g/mol. The number of halogens is 1. The summed E-state index contributed by atoms with van der Waals surface area (Å²) in [4.78, 5) is 9.27. The lowest BCUT2D eigenvalue weighted by Crippen LogP contribution is -2.08. The van der Waals surface area contributed by atoms with Crippen LogP contribution in [0.2, 0.25) is 5.02 Å². The molecule has 2 N–H and O–H groups in total. The van der Waals surface area contributed by atoms with Crippen LogP contribution in [-0.4, -0.2) is 23.0 Å². The Balaban J connectivity index is 2.10. The van der Waals surface area contributed by atoms with Crippen molar-refractivity contribution in [1.82, 2.24) is 14.5 Å². The van der Waals surface area contributed by atoms with Crippen molar-refractivity contribution < 1.29 is 8.42 Å². The van der Waals surface area contributed by atoms with Crippen LogP contribution in [0.4, 0.5) is 5.82 Å². The molecule has 0 aliphatic heterocycles. The number of rotatable bonds is 4. The molecule has 0 radical (unpaired) electrons. The number of para-hydroxylation sites is 2. The van der Waals surface area contributed by atoms with Crippen LogP contribution in [0.15, 0.2) is 58.3 Å². The van der Waals surface area contributed by atoms with E-state index < -0.39 is 9.84 Å². The van der Waals surface area contributed by atoms with E-state index in [1.807, 2.05) is 25.1 Å². The average Bonchev–Trinajstić information content (AvgIpc) is 2.92. The molecule has 138 valence electrons. The first kappa shape index (κ1) is 17.8. The molecule has 0 fully saturated rings. The van der Waals surface area contributed by atoms with Crippen molar-refractivity contribution in [3.05, 3.63) is 53.6 Å². The molecule has 8 heteroatoms. The Morgan fingerprint density at radius 2 is 1.78 bits per heavy atom. The molecule has 0 aliphatic rings. The number of sulfone groups is 1. The predicted octanol–water partition coefficient (Wildman–Crippen LogP) is 4.06. The molecule has 6 nitrogen and oxygen atoms in total. The van der Waals surface area contributed by atoms with E-state index in [0.29, 0.717) is 28.2 Å². The third-order valence-electron chi connectivity index (χ3n) is 4.37. The van der Waals surface area contributed by atoms with Gasteiger partial charge < -0.3 is 10.3 Å².